The van der Waals surface area contributed by atoms with Crippen LogP contribution < -0.4 is 10.0 Å². The maximum absolute atomic E-state index is 12.1. The molecule has 0 aliphatic heterocycles. The van der Waals surface area contributed by atoms with Crippen LogP contribution in [0.15, 0.2) is 29.2 Å². The van der Waals surface area contributed by atoms with E-state index in [1.165, 1.54) is 0 Å². The molecule has 0 saturated heterocycles. The Labute approximate surface area is 103 Å². The molecule has 0 aliphatic carbocycles. The SMILES string of the molecule is CNc1ccccc1S(=O)(=O)NCC(C)(C)C. The summed E-state index contributed by atoms with van der Waals surface area (Å²) < 4.78 is 26.8. The van der Waals surface area contributed by atoms with Gasteiger partial charge in [-0.1, -0.05) is 32.9 Å². The fourth-order valence-electron chi connectivity index (χ4n) is 1.30. The standard InChI is InChI=1S/C12H20N2O2S/c1-12(2,3)9-14-17(15,16)11-8-6-5-7-10(11)13-4/h5-8,13-14H,9H2,1-4H3. The molecule has 1 aromatic rings. The highest BCUT2D eigenvalue weighted by atomic mass is 32.2. The summed E-state index contributed by atoms with van der Waals surface area (Å²) >= 11 is 0. The topological polar surface area (TPSA) is 58.2 Å². The molecular formula is C12H20N2O2S. The summed E-state index contributed by atoms with van der Waals surface area (Å²) in [7, 11) is -1.74. The second kappa shape index (κ2) is 5.06. The highest BCUT2D eigenvalue weighted by Crippen LogP contribution is 2.21. The fraction of sp³-hybridized carbons (Fsp3) is 0.500. The van der Waals surface area contributed by atoms with Gasteiger partial charge in [0, 0.05) is 13.6 Å². The monoisotopic (exact) mass is 256 g/mol. The zero-order valence-electron chi connectivity index (χ0n) is 10.7. The van der Waals surface area contributed by atoms with Crippen molar-refractivity contribution in [3.63, 3.8) is 0 Å². The van der Waals surface area contributed by atoms with E-state index in [0.717, 1.165) is 0 Å². The summed E-state index contributed by atoms with van der Waals surface area (Å²) in [5.41, 5.74) is 0.524. The fourth-order valence-corrected chi connectivity index (χ4v) is 2.79. The molecule has 0 amide bonds. The largest absolute Gasteiger partial charge is 0.387 e. The van der Waals surface area contributed by atoms with Crippen LogP contribution in [0.2, 0.25) is 0 Å². The predicted octanol–water partition coefficient (Wildman–Crippen LogP) is 2.05. The average Bonchev–Trinajstić information content (AvgIpc) is 2.26. The molecule has 0 saturated carbocycles. The first kappa shape index (κ1) is 14.0. The van der Waals surface area contributed by atoms with Crippen molar-refractivity contribution in [1.29, 1.82) is 0 Å². The van der Waals surface area contributed by atoms with E-state index in [1.54, 1.807) is 31.3 Å². The normalized spacial score (nSPS) is 12.5. The van der Waals surface area contributed by atoms with Gasteiger partial charge >= 0.3 is 0 Å². The summed E-state index contributed by atoms with van der Waals surface area (Å²) in [6.07, 6.45) is 0. The van der Waals surface area contributed by atoms with E-state index in [0.29, 0.717) is 12.2 Å². The van der Waals surface area contributed by atoms with Gasteiger partial charge in [0.25, 0.3) is 0 Å². The number of sulfonamides is 1. The molecule has 1 aromatic carbocycles. The lowest BCUT2D eigenvalue weighted by molar-refractivity contribution is 0.407. The minimum atomic E-state index is -3.45. The van der Waals surface area contributed by atoms with E-state index in [9.17, 15) is 8.42 Å². The Bertz CT molecular complexity index is 476. The summed E-state index contributed by atoms with van der Waals surface area (Å²) in [6.45, 7) is 6.37. The molecule has 2 N–H and O–H groups in total. The lowest BCUT2D eigenvalue weighted by Crippen LogP contribution is -2.32. The van der Waals surface area contributed by atoms with Crippen molar-refractivity contribution in [2.75, 3.05) is 18.9 Å². The first-order valence-electron chi connectivity index (χ1n) is 5.53. The highest BCUT2D eigenvalue weighted by molar-refractivity contribution is 7.89. The number of hydrogen-bond acceptors (Lipinski definition) is 3. The van der Waals surface area contributed by atoms with Crippen LogP contribution in [0.25, 0.3) is 0 Å². The van der Waals surface area contributed by atoms with Crippen molar-refractivity contribution >= 4 is 15.7 Å². The van der Waals surface area contributed by atoms with Crippen LogP contribution in [0.4, 0.5) is 5.69 Å². The Morgan fingerprint density at radius 3 is 2.29 bits per heavy atom. The van der Waals surface area contributed by atoms with Gasteiger partial charge in [-0.3, -0.25) is 0 Å². The third-order valence-electron chi connectivity index (χ3n) is 2.24. The molecule has 0 spiro atoms. The lowest BCUT2D eigenvalue weighted by Gasteiger charge is -2.19. The predicted molar refractivity (Wildman–Crippen MR) is 70.6 cm³/mol. The minimum absolute atomic E-state index is 0.0817. The van der Waals surface area contributed by atoms with Crippen LogP contribution in [0, 0.1) is 5.41 Å². The number of benzene rings is 1. The van der Waals surface area contributed by atoms with E-state index in [2.05, 4.69) is 10.0 Å². The van der Waals surface area contributed by atoms with Crippen LogP contribution >= 0.6 is 0 Å². The Hall–Kier alpha value is -1.07. The van der Waals surface area contributed by atoms with Gasteiger partial charge < -0.3 is 5.32 Å². The van der Waals surface area contributed by atoms with E-state index in [1.807, 2.05) is 20.8 Å². The molecule has 0 aromatic heterocycles. The van der Waals surface area contributed by atoms with E-state index >= 15 is 0 Å². The third kappa shape index (κ3) is 4.02. The highest BCUT2D eigenvalue weighted by Gasteiger charge is 2.20. The van der Waals surface area contributed by atoms with Crippen LogP contribution in [-0.2, 0) is 10.0 Å². The van der Waals surface area contributed by atoms with Crippen LogP contribution in [-0.4, -0.2) is 22.0 Å². The third-order valence-corrected chi connectivity index (χ3v) is 3.70. The Balaban J connectivity index is 2.98. The van der Waals surface area contributed by atoms with Crippen molar-refractivity contribution in [1.82, 2.24) is 4.72 Å². The number of hydrogen-bond donors (Lipinski definition) is 2. The van der Waals surface area contributed by atoms with Crippen molar-refractivity contribution < 1.29 is 8.42 Å². The van der Waals surface area contributed by atoms with Crippen molar-refractivity contribution in [3.8, 4) is 0 Å². The second-order valence-electron chi connectivity index (χ2n) is 5.13. The molecule has 0 aliphatic rings. The summed E-state index contributed by atoms with van der Waals surface area (Å²) in [4.78, 5) is 0.284. The van der Waals surface area contributed by atoms with Crippen LogP contribution in [0.3, 0.4) is 0 Å². The van der Waals surface area contributed by atoms with Gasteiger partial charge in [0.2, 0.25) is 10.0 Å². The zero-order valence-corrected chi connectivity index (χ0v) is 11.6. The first-order chi connectivity index (χ1) is 7.76. The summed E-state index contributed by atoms with van der Waals surface area (Å²) in [6, 6.07) is 6.85. The quantitative estimate of drug-likeness (QED) is 0.867. The minimum Gasteiger partial charge on any atom is -0.387 e. The van der Waals surface area contributed by atoms with Crippen LogP contribution in [0.5, 0.6) is 0 Å². The molecule has 5 heteroatoms. The molecule has 17 heavy (non-hydrogen) atoms. The number of nitrogens with one attached hydrogen (secondary N) is 2. The Kier molecular flexibility index (Phi) is 4.16. The molecule has 1 rings (SSSR count). The number of rotatable bonds is 4. The van der Waals surface area contributed by atoms with Crippen LogP contribution in [0.1, 0.15) is 20.8 Å². The Morgan fingerprint density at radius 1 is 1.18 bits per heavy atom. The molecule has 0 radical (unpaired) electrons. The molecule has 96 valence electrons. The van der Waals surface area contributed by atoms with Gasteiger partial charge in [0.1, 0.15) is 4.90 Å². The van der Waals surface area contributed by atoms with Gasteiger partial charge in [-0.25, -0.2) is 13.1 Å². The van der Waals surface area contributed by atoms with Gasteiger partial charge in [0.05, 0.1) is 5.69 Å². The molecule has 0 bridgehead atoms. The molecular weight excluding hydrogens is 236 g/mol. The van der Waals surface area contributed by atoms with E-state index in [4.69, 9.17) is 0 Å². The molecule has 0 heterocycles. The van der Waals surface area contributed by atoms with E-state index in [-0.39, 0.29) is 10.3 Å². The van der Waals surface area contributed by atoms with Crippen molar-refractivity contribution in [2.45, 2.75) is 25.7 Å². The molecule has 4 nitrogen and oxygen atoms in total. The molecule has 0 atom stereocenters. The Morgan fingerprint density at radius 2 is 1.76 bits per heavy atom. The first-order valence-corrected chi connectivity index (χ1v) is 7.01. The summed E-state index contributed by atoms with van der Waals surface area (Å²) in [5.74, 6) is 0. The van der Waals surface area contributed by atoms with Gasteiger partial charge in [0.15, 0.2) is 0 Å². The zero-order chi connectivity index (χ0) is 13.1. The average molecular weight is 256 g/mol. The van der Waals surface area contributed by atoms with Crippen molar-refractivity contribution in [2.24, 2.45) is 5.41 Å². The molecule has 0 fully saturated rings. The maximum atomic E-state index is 12.1. The smallest absolute Gasteiger partial charge is 0.242 e. The van der Waals surface area contributed by atoms with Crippen molar-refractivity contribution in [3.05, 3.63) is 24.3 Å². The van der Waals surface area contributed by atoms with E-state index < -0.39 is 10.0 Å². The van der Waals surface area contributed by atoms with Gasteiger partial charge in [-0.2, -0.15) is 0 Å². The summed E-state index contributed by atoms with van der Waals surface area (Å²) in [5, 5.41) is 2.88. The second-order valence-corrected chi connectivity index (χ2v) is 6.87. The number of anilines is 1. The van der Waals surface area contributed by atoms with Gasteiger partial charge in [-0.15, -0.1) is 0 Å². The lowest BCUT2D eigenvalue weighted by atomic mass is 9.98. The van der Waals surface area contributed by atoms with Gasteiger partial charge in [-0.05, 0) is 17.5 Å². The maximum Gasteiger partial charge on any atom is 0.242 e. The molecule has 0 unspecified atom stereocenters. The number of para-hydroxylation sites is 1.